The highest BCUT2D eigenvalue weighted by Gasteiger charge is 2.03. The van der Waals surface area contributed by atoms with Gasteiger partial charge < -0.3 is 5.32 Å². The number of carbonyl (C=O) groups is 1. The number of anilines is 2. The van der Waals surface area contributed by atoms with E-state index in [1.165, 1.54) is 30.5 Å². The number of carbonyl (C=O) groups excluding carboxylic acids is 1. The Hall–Kier alpha value is -1.94. The molecule has 1 heterocycles. The standard InChI is InChI=1S/C12H8ClFN2O/c13-12(17)8-5-6-15-11(7-8)16-10-3-1-9(14)2-4-10/h1-7H,(H,15,16). The monoisotopic (exact) mass is 250 g/mol. The van der Waals surface area contributed by atoms with E-state index in [1.807, 2.05) is 0 Å². The zero-order chi connectivity index (χ0) is 12.3. The highest BCUT2D eigenvalue weighted by Crippen LogP contribution is 2.16. The maximum atomic E-state index is 12.7. The normalized spacial score (nSPS) is 10.0. The van der Waals surface area contributed by atoms with Crippen molar-refractivity contribution in [3.05, 3.63) is 54.0 Å². The molecule has 5 heteroatoms. The Labute approximate surface area is 102 Å². The van der Waals surface area contributed by atoms with E-state index in [9.17, 15) is 9.18 Å². The van der Waals surface area contributed by atoms with Crippen molar-refractivity contribution < 1.29 is 9.18 Å². The number of pyridine rings is 1. The summed E-state index contributed by atoms with van der Waals surface area (Å²) in [7, 11) is 0. The number of benzene rings is 1. The number of nitrogens with one attached hydrogen (secondary N) is 1. The van der Waals surface area contributed by atoms with Gasteiger partial charge in [0.2, 0.25) is 0 Å². The minimum Gasteiger partial charge on any atom is -0.340 e. The van der Waals surface area contributed by atoms with Gasteiger partial charge in [-0.15, -0.1) is 0 Å². The number of hydrogen-bond donors (Lipinski definition) is 1. The topological polar surface area (TPSA) is 42.0 Å². The van der Waals surface area contributed by atoms with Gasteiger partial charge in [-0.3, -0.25) is 4.79 Å². The molecule has 1 N–H and O–H groups in total. The third kappa shape index (κ3) is 3.01. The Morgan fingerprint density at radius 2 is 1.94 bits per heavy atom. The molecule has 0 unspecified atom stereocenters. The molecule has 0 radical (unpaired) electrons. The van der Waals surface area contributed by atoms with E-state index in [0.29, 0.717) is 17.1 Å². The first-order chi connectivity index (χ1) is 8.15. The number of halogens is 2. The van der Waals surface area contributed by atoms with Crippen molar-refractivity contribution in [3.8, 4) is 0 Å². The molecule has 0 saturated heterocycles. The molecule has 0 aliphatic carbocycles. The lowest BCUT2D eigenvalue weighted by atomic mass is 10.2. The van der Waals surface area contributed by atoms with E-state index in [2.05, 4.69) is 10.3 Å². The molecule has 0 aliphatic rings. The van der Waals surface area contributed by atoms with E-state index in [4.69, 9.17) is 11.6 Å². The Balaban J connectivity index is 2.21. The zero-order valence-electron chi connectivity index (χ0n) is 8.65. The Morgan fingerprint density at radius 3 is 2.59 bits per heavy atom. The fourth-order valence-electron chi connectivity index (χ4n) is 1.30. The van der Waals surface area contributed by atoms with Gasteiger partial charge in [0.1, 0.15) is 11.6 Å². The fourth-order valence-corrected chi connectivity index (χ4v) is 1.42. The first kappa shape index (κ1) is 11.5. The van der Waals surface area contributed by atoms with Gasteiger partial charge >= 0.3 is 0 Å². The average molecular weight is 251 g/mol. The molecule has 2 aromatic rings. The molecular formula is C12H8ClFN2O. The van der Waals surface area contributed by atoms with Gasteiger partial charge in [0.15, 0.2) is 0 Å². The molecule has 0 atom stereocenters. The van der Waals surface area contributed by atoms with Gasteiger partial charge in [0.05, 0.1) is 0 Å². The highest BCUT2D eigenvalue weighted by molar-refractivity contribution is 6.67. The smallest absolute Gasteiger partial charge is 0.252 e. The average Bonchev–Trinajstić information content (AvgIpc) is 2.32. The predicted octanol–water partition coefficient (Wildman–Crippen LogP) is 3.34. The SMILES string of the molecule is O=C(Cl)c1ccnc(Nc2ccc(F)cc2)c1. The minimum absolute atomic E-state index is 0.312. The van der Waals surface area contributed by atoms with Crippen molar-refractivity contribution in [1.29, 1.82) is 0 Å². The van der Waals surface area contributed by atoms with Crippen LogP contribution in [0.5, 0.6) is 0 Å². The zero-order valence-corrected chi connectivity index (χ0v) is 9.41. The van der Waals surface area contributed by atoms with Crippen LogP contribution in [0, 0.1) is 5.82 Å². The molecule has 0 bridgehead atoms. The Morgan fingerprint density at radius 1 is 1.24 bits per heavy atom. The van der Waals surface area contributed by atoms with Crippen molar-refractivity contribution in [2.75, 3.05) is 5.32 Å². The quantitative estimate of drug-likeness (QED) is 0.850. The lowest BCUT2D eigenvalue weighted by Gasteiger charge is -2.05. The molecule has 3 nitrogen and oxygen atoms in total. The lowest BCUT2D eigenvalue weighted by molar-refractivity contribution is 0.108. The minimum atomic E-state index is -0.547. The summed E-state index contributed by atoms with van der Waals surface area (Å²) in [6.45, 7) is 0. The van der Waals surface area contributed by atoms with Gasteiger partial charge in [-0.05, 0) is 48.0 Å². The second kappa shape index (κ2) is 4.93. The maximum absolute atomic E-state index is 12.7. The number of rotatable bonds is 3. The maximum Gasteiger partial charge on any atom is 0.252 e. The van der Waals surface area contributed by atoms with Crippen LogP contribution in [0.4, 0.5) is 15.9 Å². The van der Waals surface area contributed by atoms with Crippen LogP contribution in [0.25, 0.3) is 0 Å². The molecule has 1 aromatic heterocycles. The molecule has 0 fully saturated rings. The second-order valence-corrected chi connectivity index (χ2v) is 3.68. The fraction of sp³-hybridized carbons (Fsp3) is 0. The van der Waals surface area contributed by atoms with Crippen LogP contribution in [0.2, 0.25) is 0 Å². The van der Waals surface area contributed by atoms with Crippen LogP contribution in [0.3, 0.4) is 0 Å². The largest absolute Gasteiger partial charge is 0.340 e. The summed E-state index contributed by atoms with van der Waals surface area (Å²) in [5.74, 6) is 0.163. The van der Waals surface area contributed by atoms with Gasteiger partial charge in [0, 0.05) is 17.4 Å². The highest BCUT2D eigenvalue weighted by atomic mass is 35.5. The van der Waals surface area contributed by atoms with Crippen molar-refractivity contribution in [2.24, 2.45) is 0 Å². The van der Waals surface area contributed by atoms with Crippen LogP contribution in [0.1, 0.15) is 10.4 Å². The van der Waals surface area contributed by atoms with Crippen LogP contribution >= 0.6 is 11.6 Å². The summed E-state index contributed by atoms with van der Waals surface area (Å²) in [5.41, 5.74) is 1.03. The van der Waals surface area contributed by atoms with E-state index in [-0.39, 0.29) is 5.82 Å². The number of nitrogens with zero attached hydrogens (tertiary/aromatic N) is 1. The van der Waals surface area contributed by atoms with Crippen molar-refractivity contribution >= 4 is 28.3 Å². The number of aromatic nitrogens is 1. The van der Waals surface area contributed by atoms with Gasteiger partial charge in [-0.1, -0.05) is 0 Å². The van der Waals surface area contributed by atoms with E-state index in [1.54, 1.807) is 12.1 Å². The first-order valence-electron chi connectivity index (χ1n) is 4.83. The molecule has 0 aliphatic heterocycles. The summed E-state index contributed by atoms with van der Waals surface area (Å²) < 4.78 is 12.7. The van der Waals surface area contributed by atoms with Crippen LogP contribution in [-0.2, 0) is 0 Å². The summed E-state index contributed by atoms with van der Waals surface area (Å²) in [5, 5.41) is 2.39. The summed E-state index contributed by atoms with van der Waals surface area (Å²) in [6.07, 6.45) is 1.47. The molecule has 1 aromatic carbocycles. The summed E-state index contributed by atoms with van der Waals surface area (Å²) in [4.78, 5) is 15.0. The molecule has 17 heavy (non-hydrogen) atoms. The first-order valence-corrected chi connectivity index (χ1v) is 5.21. The number of hydrogen-bond acceptors (Lipinski definition) is 3. The molecule has 0 saturated carbocycles. The molecular weight excluding hydrogens is 243 g/mol. The third-order valence-electron chi connectivity index (χ3n) is 2.10. The van der Waals surface area contributed by atoms with Crippen molar-refractivity contribution in [1.82, 2.24) is 4.98 Å². The van der Waals surface area contributed by atoms with Gasteiger partial charge in [-0.25, -0.2) is 9.37 Å². The second-order valence-electron chi connectivity index (χ2n) is 3.34. The van der Waals surface area contributed by atoms with E-state index >= 15 is 0 Å². The third-order valence-corrected chi connectivity index (χ3v) is 2.32. The van der Waals surface area contributed by atoms with Crippen molar-refractivity contribution in [2.45, 2.75) is 0 Å². The molecule has 86 valence electrons. The van der Waals surface area contributed by atoms with Crippen LogP contribution < -0.4 is 5.32 Å². The van der Waals surface area contributed by atoms with Crippen molar-refractivity contribution in [3.63, 3.8) is 0 Å². The van der Waals surface area contributed by atoms with E-state index < -0.39 is 5.24 Å². The van der Waals surface area contributed by atoms with Crippen LogP contribution in [-0.4, -0.2) is 10.2 Å². The lowest BCUT2D eigenvalue weighted by Crippen LogP contribution is -1.96. The van der Waals surface area contributed by atoms with E-state index in [0.717, 1.165) is 0 Å². The molecule has 0 amide bonds. The molecule has 0 spiro atoms. The van der Waals surface area contributed by atoms with Gasteiger partial charge in [0.25, 0.3) is 5.24 Å². The Bertz CT molecular complexity index is 542. The van der Waals surface area contributed by atoms with Gasteiger partial charge in [-0.2, -0.15) is 0 Å². The van der Waals surface area contributed by atoms with Crippen LogP contribution in [0.15, 0.2) is 42.6 Å². The molecule has 2 rings (SSSR count). The predicted molar refractivity (Wildman–Crippen MR) is 64.1 cm³/mol. The Kier molecular flexibility index (Phi) is 3.35. The summed E-state index contributed by atoms with van der Waals surface area (Å²) >= 11 is 5.35. The summed E-state index contributed by atoms with van der Waals surface area (Å²) in [6, 6.07) is 8.86.